The van der Waals surface area contributed by atoms with E-state index in [0.29, 0.717) is 18.0 Å². The van der Waals surface area contributed by atoms with Crippen LogP contribution >= 0.6 is 0 Å². The number of hydrogen-bond acceptors (Lipinski definition) is 3. The third-order valence-corrected chi connectivity index (χ3v) is 7.59. The van der Waals surface area contributed by atoms with E-state index >= 15 is 0 Å². The van der Waals surface area contributed by atoms with Crippen molar-refractivity contribution in [1.82, 2.24) is 20.0 Å². The molecule has 1 saturated heterocycles. The van der Waals surface area contributed by atoms with Crippen LogP contribution in [0.25, 0.3) is 5.69 Å². The van der Waals surface area contributed by atoms with E-state index in [1.165, 1.54) is 12.0 Å². The van der Waals surface area contributed by atoms with Crippen molar-refractivity contribution in [3.05, 3.63) is 83.7 Å². The lowest BCUT2D eigenvalue weighted by Crippen LogP contribution is -2.49. The Kier molecular flexibility index (Phi) is 6.98. The van der Waals surface area contributed by atoms with Gasteiger partial charge in [-0.3, -0.25) is 9.59 Å². The smallest absolute Gasteiger partial charge is 0.254 e. The fraction of sp³-hybridized carbons (Fsp3) is 0.414. The maximum atomic E-state index is 13.4. The number of carbonyl (C=O) groups excluding carboxylic acids is 2. The summed E-state index contributed by atoms with van der Waals surface area (Å²) in [6.45, 7) is 2.62. The topological polar surface area (TPSA) is 67.2 Å². The lowest BCUT2D eigenvalue weighted by molar-refractivity contribution is -0.125. The molecule has 1 aliphatic carbocycles. The van der Waals surface area contributed by atoms with Crippen molar-refractivity contribution in [3.8, 4) is 5.69 Å². The minimum atomic E-state index is -0.377. The van der Waals surface area contributed by atoms with Gasteiger partial charge in [0, 0.05) is 24.3 Å². The molecular weight excluding hydrogens is 436 g/mol. The van der Waals surface area contributed by atoms with Crippen LogP contribution in [0.5, 0.6) is 0 Å². The number of aromatic nitrogens is 2. The van der Waals surface area contributed by atoms with Crippen LogP contribution in [-0.2, 0) is 11.2 Å². The Balaban J connectivity index is 1.20. The SMILES string of the molecule is Cc1nn(-c2ccccc2)cc1CCCNC(=O)C1CC2CCCCC2N1C(=O)c1ccccc1. The monoisotopic (exact) mass is 470 g/mol. The van der Waals surface area contributed by atoms with Crippen molar-refractivity contribution < 1.29 is 9.59 Å². The van der Waals surface area contributed by atoms with Gasteiger partial charge < -0.3 is 10.2 Å². The highest BCUT2D eigenvalue weighted by atomic mass is 16.2. The standard InChI is InChI=1S/C29H34N4O2/c1-21-24(20-32(31-21)25-15-6-3-7-16-25)14-10-18-30-28(34)27-19-23-13-8-9-17-26(23)33(27)29(35)22-11-4-2-5-12-22/h2-7,11-12,15-16,20,23,26-27H,8-10,13-14,17-19H2,1H3,(H,30,34). The number of fused-ring (bicyclic) bond motifs is 1. The normalized spacial score (nSPS) is 21.5. The maximum absolute atomic E-state index is 13.4. The molecular formula is C29H34N4O2. The van der Waals surface area contributed by atoms with Gasteiger partial charge in [-0.15, -0.1) is 0 Å². The van der Waals surface area contributed by atoms with Gasteiger partial charge in [-0.25, -0.2) is 4.68 Å². The number of aryl methyl sites for hydroxylation is 2. The van der Waals surface area contributed by atoms with Crippen molar-refractivity contribution >= 4 is 11.8 Å². The van der Waals surface area contributed by atoms with Crippen molar-refractivity contribution in [2.75, 3.05) is 6.54 Å². The van der Waals surface area contributed by atoms with Crippen LogP contribution in [0.1, 0.15) is 60.1 Å². The molecule has 182 valence electrons. The third kappa shape index (κ3) is 5.02. The number of para-hydroxylation sites is 1. The average Bonchev–Trinajstić information content (AvgIpc) is 3.48. The maximum Gasteiger partial charge on any atom is 0.254 e. The van der Waals surface area contributed by atoms with E-state index in [-0.39, 0.29) is 23.9 Å². The summed E-state index contributed by atoms with van der Waals surface area (Å²) in [6.07, 6.45) is 8.96. The summed E-state index contributed by atoms with van der Waals surface area (Å²) in [5.41, 5.74) is 3.92. The van der Waals surface area contributed by atoms with E-state index in [4.69, 9.17) is 0 Å². The molecule has 2 heterocycles. The van der Waals surface area contributed by atoms with Gasteiger partial charge >= 0.3 is 0 Å². The van der Waals surface area contributed by atoms with E-state index in [9.17, 15) is 9.59 Å². The van der Waals surface area contributed by atoms with Crippen LogP contribution in [0.3, 0.4) is 0 Å². The first kappa shape index (κ1) is 23.3. The number of nitrogens with zero attached hydrogens (tertiary/aromatic N) is 3. The molecule has 1 aromatic heterocycles. The Morgan fingerprint density at radius 3 is 2.49 bits per heavy atom. The van der Waals surface area contributed by atoms with Crippen molar-refractivity contribution in [1.29, 1.82) is 0 Å². The van der Waals surface area contributed by atoms with Crippen LogP contribution in [0.2, 0.25) is 0 Å². The fourth-order valence-electron chi connectivity index (χ4n) is 5.78. The Hall–Kier alpha value is -3.41. The summed E-state index contributed by atoms with van der Waals surface area (Å²) in [4.78, 5) is 28.6. The molecule has 2 fully saturated rings. The predicted octanol–water partition coefficient (Wildman–Crippen LogP) is 4.70. The molecule has 6 nitrogen and oxygen atoms in total. The third-order valence-electron chi connectivity index (χ3n) is 7.59. The summed E-state index contributed by atoms with van der Waals surface area (Å²) in [6, 6.07) is 19.3. The summed E-state index contributed by atoms with van der Waals surface area (Å²) >= 11 is 0. The first-order valence-corrected chi connectivity index (χ1v) is 12.9. The van der Waals surface area contributed by atoms with Gasteiger partial charge in [0.25, 0.3) is 5.91 Å². The predicted molar refractivity (Wildman–Crippen MR) is 136 cm³/mol. The average molecular weight is 471 g/mol. The van der Waals surface area contributed by atoms with Gasteiger partial charge in [0.1, 0.15) is 6.04 Å². The molecule has 3 atom stereocenters. The molecule has 35 heavy (non-hydrogen) atoms. The largest absolute Gasteiger partial charge is 0.354 e. The van der Waals surface area contributed by atoms with Crippen molar-refractivity contribution in [2.45, 2.75) is 64.0 Å². The molecule has 0 radical (unpaired) electrons. The Labute approximate surface area is 207 Å². The second-order valence-electron chi connectivity index (χ2n) is 9.86. The number of carbonyl (C=O) groups is 2. The molecule has 6 heteroatoms. The Morgan fingerprint density at radius 1 is 1.00 bits per heavy atom. The Bertz CT molecular complexity index is 1160. The lowest BCUT2D eigenvalue weighted by atomic mass is 9.84. The van der Waals surface area contributed by atoms with Gasteiger partial charge in [0.15, 0.2) is 0 Å². The number of benzene rings is 2. The Morgan fingerprint density at radius 2 is 1.71 bits per heavy atom. The molecule has 3 unspecified atom stereocenters. The zero-order valence-corrected chi connectivity index (χ0v) is 20.4. The van der Waals surface area contributed by atoms with Crippen LogP contribution in [-0.4, -0.2) is 45.1 Å². The van der Waals surface area contributed by atoms with Crippen LogP contribution in [0, 0.1) is 12.8 Å². The molecule has 1 saturated carbocycles. The van der Waals surface area contributed by atoms with E-state index in [1.807, 2.05) is 77.2 Å². The number of nitrogens with one attached hydrogen (secondary N) is 1. The van der Waals surface area contributed by atoms with Gasteiger partial charge in [-0.1, -0.05) is 49.2 Å². The second-order valence-corrected chi connectivity index (χ2v) is 9.86. The van der Waals surface area contributed by atoms with E-state index in [1.54, 1.807) is 0 Å². The van der Waals surface area contributed by atoms with Crippen molar-refractivity contribution in [2.24, 2.45) is 5.92 Å². The molecule has 2 amide bonds. The van der Waals surface area contributed by atoms with Crippen LogP contribution < -0.4 is 5.32 Å². The highest BCUT2D eigenvalue weighted by Crippen LogP contribution is 2.40. The van der Waals surface area contributed by atoms with E-state index in [2.05, 4.69) is 16.6 Å². The zero-order chi connectivity index (χ0) is 24.2. The van der Waals surface area contributed by atoms with E-state index in [0.717, 1.165) is 49.9 Å². The molecule has 1 N–H and O–H groups in total. The first-order chi connectivity index (χ1) is 17.1. The highest BCUT2D eigenvalue weighted by molar-refractivity contribution is 5.98. The lowest BCUT2D eigenvalue weighted by Gasteiger charge is -2.33. The fourth-order valence-corrected chi connectivity index (χ4v) is 5.78. The minimum Gasteiger partial charge on any atom is -0.354 e. The molecule has 2 aliphatic rings. The number of hydrogen-bond donors (Lipinski definition) is 1. The molecule has 2 aromatic carbocycles. The number of amides is 2. The summed E-state index contributed by atoms with van der Waals surface area (Å²) in [7, 11) is 0. The quantitative estimate of drug-likeness (QED) is 0.509. The minimum absolute atomic E-state index is 0.0101. The summed E-state index contributed by atoms with van der Waals surface area (Å²) in [5, 5.41) is 7.78. The molecule has 5 rings (SSSR count). The van der Waals surface area contributed by atoms with Gasteiger partial charge in [0.05, 0.1) is 11.4 Å². The molecule has 0 bridgehead atoms. The van der Waals surface area contributed by atoms with Gasteiger partial charge in [0.2, 0.25) is 5.91 Å². The number of rotatable bonds is 7. The van der Waals surface area contributed by atoms with Crippen LogP contribution in [0.15, 0.2) is 66.9 Å². The second kappa shape index (κ2) is 10.5. The molecule has 1 aliphatic heterocycles. The van der Waals surface area contributed by atoms with Crippen molar-refractivity contribution in [3.63, 3.8) is 0 Å². The zero-order valence-electron chi connectivity index (χ0n) is 20.4. The molecule has 0 spiro atoms. The summed E-state index contributed by atoms with van der Waals surface area (Å²) < 4.78 is 1.91. The number of likely N-dealkylation sites (tertiary alicyclic amines) is 1. The van der Waals surface area contributed by atoms with E-state index < -0.39 is 0 Å². The summed E-state index contributed by atoms with van der Waals surface area (Å²) in [5.74, 6) is 0.406. The van der Waals surface area contributed by atoms with Crippen LogP contribution in [0.4, 0.5) is 0 Å². The first-order valence-electron chi connectivity index (χ1n) is 12.9. The highest BCUT2D eigenvalue weighted by Gasteiger charge is 2.47. The van der Waals surface area contributed by atoms with Gasteiger partial charge in [-0.2, -0.15) is 5.10 Å². The molecule has 3 aromatic rings. The van der Waals surface area contributed by atoms with Gasteiger partial charge in [-0.05, 0) is 74.8 Å².